The molecule has 0 saturated carbocycles. The van der Waals surface area contributed by atoms with Crippen LogP contribution in [0.4, 0.5) is 10.1 Å². The van der Waals surface area contributed by atoms with Crippen molar-refractivity contribution in [1.82, 2.24) is 4.98 Å². The molecule has 0 fully saturated rings. The largest absolute Gasteiger partial charge is 0.493 e. The number of aromatic amines is 1. The Kier molecular flexibility index (Phi) is 1.99. The van der Waals surface area contributed by atoms with E-state index in [1.54, 1.807) is 6.07 Å². The number of aromatic nitrogens is 1. The summed E-state index contributed by atoms with van der Waals surface area (Å²) in [5.74, 6) is -0.806. The van der Waals surface area contributed by atoms with Crippen LogP contribution in [0.2, 0.25) is 0 Å². The molecule has 0 aliphatic carbocycles. The van der Waals surface area contributed by atoms with Crippen LogP contribution in [0.5, 0.6) is 5.88 Å². The molecule has 3 N–H and O–H groups in total. The van der Waals surface area contributed by atoms with Crippen molar-refractivity contribution in [2.45, 2.75) is 0 Å². The average molecular weight is 258 g/mol. The van der Waals surface area contributed by atoms with E-state index in [0.717, 1.165) is 0 Å². The van der Waals surface area contributed by atoms with E-state index in [2.05, 4.69) is 26.0 Å². The van der Waals surface area contributed by atoms with Gasteiger partial charge in [-0.15, -0.1) is 0 Å². The lowest BCUT2D eigenvalue weighted by Gasteiger charge is -1.94. The van der Waals surface area contributed by atoms with Gasteiger partial charge in [0.15, 0.2) is 11.5 Å². The van der Waals surface area contributed by atoms with Crippen LogP contribution >= 0.6 is 15.9 Å². The van der Waals surface area contributed by atoms with E-state index in [-0.39, 0.29) is 17.1 Å². The van der Waals surface area contributed by atoms with Crippen LogP contribution in [-0.2, 0) is 0 Å². The second-order valence-corrected chi connectivity index (χ2v) is 3.57. The second-order valence-electron chi connectivity index (χ2n) is 2.72. The van der Waals surface area contributed by atoms with Crippen LogP contribution in [-0.4, -0.2) is 10.1 Å². The molecule has 0 spiro atoms. The van der Waals surface area contributed by atoms with E-state index in [1.807, 2.05) is 0 Å². The van der Waals surface area contributed by atoms with Gasteiger partial charge in [-0.3, -0.25) is 0 Å². The van der Waals surface area contributed by atoms with Gasteiger partial charge in [0.05, 0.1) is 9.99 Å². The number of nitrogens with one attached hydrogen (secondary N) is 2. The first-order valence-corrected chi connectivity index (χ1v) is 4.50. The van der Waals surface area contributed by atoms with E-state index in [9.17, 15) is 9.50 Å². The quantitative estimate of drug-likeness (QED) is 0.673. The molecule has 0 atom stereocenters. The van der Waals surface area contributed by atoms with Crippen molar-refractivity contribution in [3.05, 3.63) is 22.4 Å². The fourth-order valence-corrected chi connectivity index (χ4v) is 1.62. The van der Waals surface area contributed by atoms with Gasteiger partial charge in [0.2, 0.25) is 5.88 Å². The summed E-state index contributed by atoms with van der Waals surface area (Å²) in [5, 5.41) is 12.8. The van der Waals surface area contributed by atoms with E-state index in [0.29, 0.717) is 9.86 Å². The number of H-pyrrole nitrogens is 1. The highest BCUT2D eigenvalue weighted by atomic mass is 79.9. The van der Waals surface area contributed by atoms with Crippen LogP contribution in [0.3, 0.4) is 0 Å². The maximum absolute atomic E-state index is 13.4. The maximum Gasteiger partial charge on any atom is 0.218 e. The third-order valence-corrected chi connectivity index (χ3v) is 2.54. The number of nitrogens with zero attached hydrogens (tertiary/aromatic N) is 1. The minimum absolute atomic E-state index is 0.0476. The van der Waals surface area contributed by atoms with Crippen LogP contribution in [0.25, 0.3) is 10.9 Å². The first kappa shape index (κ1) is 9.14. The molecule has 6 heteroatoms. The molecule has 2 rings (SSSR count). The number of halogens is 2. The Labute approximate surface area is 86.4 Å². The molecule has 0 aliphatic rings. The Balaban J connectivity index is 2.93. The molecular formula is C8H5BrFN3O. The molecule has 0 saturated heterocycles. The summed E-state index contributed by atoms with van der Waals surface area (Å²) in [6.07, 6.45) is 0. The van der Waals surface area contributed by atoms with Gasteiger partial charge in [0.25, 0.3) is 0 Å². The zero-order chi connectivity index (χ0) is 10.3. The summed E-state index contributed by atoms with van der Waals surface area (Å²) in [6.45, 7) is 0. The molecule has 0 unspecified atom stereocenters. The topological polar surface area (TPSA) is 72.2 Å². The lowest BCUT2D eigenvalue weighted by molar-refractivity contribution is 0.458. The van der Waals surface area contributed by atoms with Crippen molar-refractivity contribution < 1.29 is 9.50 Å². The van der Waals surface area contributed by atoms with Crippen molar-refractivity contribution in [1.29, 1.82) is 5.53 Å². The standard InChI is InChI=1S/C8H5BrFN3O/c9-4-2-1-3-6(5(4)10)12-8(14)7(3)13-11/h1-2,11-12,14H. The fourth-order valence-electron chi connectivity index (χ4n) is 1.29. The van der Waals surface area contributed by atoms with Crippen LogP contribution in [0.1, 0.15) is 0 Å². The zero-order valence-electron chi connectivity index (χ0n) is 6.81. The molecule has 0 amide bonds. The van der Waals surface area contributed by atoms with Crippen molar-refractivity contribution in [2.75, 3.05) is 0 Å². The first-order chi connectivity index (χ1) is 6.65. The lowest BCUT2D eigenvalue weighted by Crippen LogP contribution is -1.78. The zero-order valence-corrected chi connectivity index (χ0v) is 8.39. The Hall–Kier alpha value is -1.43. The predicted octanol–water partition coefficient (Wildman–Crippen LogP) is 3.44. The predicted molar refractivity (Wildman–Crippen MR) is 52.4 cm³/mol. The van der Waals surface area contributed by atoms with Gasteiger partial charge < -0.3 is 10.1 Å². The molecule has 2 aromatic rings. The molecule has 4 nitrogen and oxygen atoms in total. The number of hydrogen-bond acceptors (Lipinski definition) is 3. The van der Waals surface area contributed by atoms with E-state index < -0.39 is 5.82 Å². The molecule has 0 radical (unpaired) electrons. The van der Waals surface area contributed by atoms with Crippen LogP contribution < -0.4 is 0 Å². The average Bonchev–Trinajstić information content (AvgIpc) is 2.49. The molecule has 0 bridgehead atoms. The van der Waals surface area contributed by atoms with Gasteiger partial charge in [-0.1, -0.05) is 0 Å². The molecule has 72 valence electrons. The minimum Gasteiger partial charge on any atom is -0.493 e. The summed E-state index contributed by atoms with van der Waals surface area (Å²) in [5.41, 5.74) is 7.01. The molecular weight excluding hydrogens is 253 g/mol. The molecule has 14 heavy (non-hydrogen) atoms. The van der Waals surface area contributed by atoms with E-state index >= 15 is 0 Å². The normalized spacial score (nSPS) is 10.7. The SMILES string of the molecule is N=Nc1c(O)[nH]c2c(F)c(Br)ccc12. The van der Waals surface area contributed by atoms with Crippen molar-refractivity contribution >= 4 is 32.5 Å². The first-order valence-electron chi connectivity index (χ1n) is 3.71. The van der Waals surface area contributed by atoms with E-state index in [1.165, 1.54) is 6.07 Å². The number of aromatic hydroxyl groups is 1. The van der Waals surface area contributed by atoms with Crippen molar-refractivity contribution in [3.8, 4) is 5.88 Å². The number of benzene rings is 1. The minimum atomic E-state index is -0.507. The highest BCUT2D eigenvalue weighted by Crippen LogP contribution is 2.37. The second kappa shape index (κ2) is 3.06. The van der Waals surface area contributed by atoms with Crippen LogP contribution in [0.15, 0.2) is 21.7 Å². The van der Waals surface area contributed by atoms with Gasteiger partial charge in [0, 0.05) is 5.39 Å². The third kappa shape index (κ3) is 1.11. The van der Waals surface area contributed by atoms with Gasteiger partial charge in [0.1, 0.15) is 0 Å². The Morgan fingerprint density at radius 2 is 2.21 bits per heavy atom. The van der Waals surface area contributed by atoms with Crippen molar-refractivity contribution in [2.24, 2.45) is 5.11 Å². The van der Waals surface area contributed by atoms with Crippen LogP contribution in [0, 0.1) is 11.3 Å². The van der Waals surface area contributed by atoms with Gasteiger partial charge in [-0.2, -0.15) is 5.11 Å². The molecule has 0 aliphatic heterocycles. The fraction of sp³-hybridized carbons (Fsp3) is 0. The Morgan fingerprint density at radius 1 is 1.50 bits per heavy atom. The molecule has 1 heterocycles. The summed E-state index contributed by atoms with van der Waals surface area (Å²) < 4.78 is 13.7. The Morgan fingerprint density at radius 3 is 2.86 bits per heavy atom. The monoisotopic (exact) mass is 257 g/mol. The summed E-state index contributed by atoms with van der Waals surface area (Å²) in [6, 6.07) is 3.08. The maximum atomic E-state index is 13.4. The summed E-state index contributed by atoms with van der Waals surface area (Å²) in [4.78, 5) is 2.42. The van der Waals surface area contributed by atoms with Gasteiger partial charge in [-0.05, 0) is 28.1 Å². The lowest BCUT2D eigenvalue weighted by atomic mass is 10.2. The Bertz CT molecular complexity index is 523. The molecule has 1 aromatic carbocycles. The highest BCUT2D eigenvalue weighted by molar-refractivity contribution is 9.10. The summed E-state index contributed by atoms with van der Waals surface area (Å²) in [7, 11) is 0. The van der Waals surface area contributed by atoms with Gasteiger partial charge >= 0.3 is 0 Å². The van der Waals surface area contributed by atoms with Crippen molar-refractivity contribution in [3.63, 3.8) is 0 Å². The van der Waals surface area contributed by atoms with E-state index in [4.69, 9.17) is 5.53 Å². The number of fused-ring (bicyclic) bond motifs is 1. The van der Waals surface area contributed by atoms with Gasteiger partial charge in [-0.25, -0.2) is 9.92 Å². The number of hydrogen-bond donors (Lipinski definition) is 3. The smallest absolute Gasteiger partial charge is 0.218 e. The third-order valence-electron chi connectivity index (χ3n) is 1.93. The molecule has 1 aromatic heterocycles. The number of rotatable bonds is 1. The summed E-state index contributed by atoms with van der Waals surface area (Å²) >= 11 is 3.02. The highest BCUT2D eigenvalue weighted by Gasteiger charge is 2.14.